The topological polar surface area (TPSA) is 102 Å². The lowest BCUT2D eigenvalue weighted by atomic mass is 10.1. The van der Waals surface area contributed by atoms with Crippen molar-refractivity contribution in [3.8, 4) is 11.4 Å². The predicted octanol–water partition coefficient (Wildman–Crippen LogP) is 4.57. The molecular formula is C21H22N6O2S. The van der Waals surface area contributed by atoms with Crippen LogP contribution in [0.3, 0.4) is 0 Å². The molecule has 0 spiro atoms. The summed E-state index contributed by atoms with van der Waals surface area (Å²) >= 11 is 1.45. The lowest BCUT2D eigenvalue weighted by Gasteiger charge is -2.14. The standard InChI is InChI=1S/C21H22N6O2S/c1-3-17(20(28)23-18-10-12(2)29-26-18)30-21-25-24-19(27(21)13-8-9-13)15-11-22-16-7-5-4-6-14(15)16/h4-7,10-11,13,17,22H,3,8-9H2,1-2H3,(H,23,26,28). The summed E-state index contributed by atoms with van der Waals surface area (Å²) in [5.74, 6) is 1.82. The highest BCUT2D eigenvalue weighted by Crippen LogP contribution is 2.43. The SMILES string of the molecule is CCC(Sc1nnc(-c2c[nH]c3ccccc23)n1C1CC1)C(=O)Nc1cc(C)on1. The van der Waals surface area contributed by atoms with Crippen LogP contribution in [0.25, 0.3) is 22.3 Å². The van der Waals surface area contributed by atoms with Crippen molar-refractivity contribution in [3.63, 3.8) is 0 Å². The van der Waals surface area contributed by atoms with E-state index in [0.717, 1.165) is 40.3 Å². The van der Waals surface area contributed by atoms with Gasteiger partial charge in [-0.3, -0.25) is 9.36 Å². The molecule has 1 fully saturated rings. The lowest BCUT2D eigenvalue weighted by Crippen LogP contribution is -2.25. The molecule has 0 aliphatic heterocycles. The number of aromatic amines is 1. The molecule has 2 N–H and O–H groups in total. The van der Waals surface area contributed by atoms with Gasteiger partial charge in [0.1, 0.15) is 5.76 Å². The van der Waals surface area contributed by atoms with E-state index in [1.165, 1.54) is 11.8 Å². The van der Waals surface area contributed by atoms with Gasteiger partial charge >= 0.3 is 0 Å². The number of benzene rings is 1. The Labute approximate surface area is 177 Å². The van der Waals surface area contributed by atoms with Crippen molar-refractivity contribution in [3.05, 3.63) is 42.3 Å². The zero-order valence-corrected chi connectivity index (χ0v) is 17.6. The monoisotopic (exact) mass is 422 g/mol. The lowest BCUT2D eigenvalue weighted by molar-refractivity contribution is -0.115. The van der Waals surface area contributed by atoms with E-state index in [0.29, 0.717) is 24.0 Å². The largest absolute Gasteiger partial charge is 0.360 e. The summed E-state index contributed by atoms with van der Waals surface area (Å²) in [6.07, 6.45) is 4.84. The summed E-state index contributed by atoms with van der Waals surface area (Å²) in [6.45, 7) is 3.78. The Balaban J connectivity index is 1.44. The van der Waals surface area contributed by atoms with Crippen LogP contribution in [0.4, 0.5) is 5.82 Å². The molecule has 1 saturated carbocycles. The number of thioether (sulfide) groups is 1. The van der Waals surface area contributed by atoms with Gasteiger partial charge in [-0.05, 0) is 32.3 Å². The first kappa shape index (κ1) is 18.9. The second kappa shape index (κ2) is 7.64. The minimum absolute atomic E-state index is 0.116. The number of carbonyl (C=O) groups is 1. The second-order valence-electron chi connectivity index (χ2n) is 7.48. The third kappa shape index (κ3) is 3.49. The molecule has 0 radical (unpaired) electrons. The Morgan fingerprint density at radius 3 is 2.93 bits per heavy atom. The Hall–Kier alpha value is -3.07. The van der Waals surface area contributed by atoms with Crippen LogP contribution >= 0.6 is 11.8 Å². The maximum atomic E-state index is 12.8. The molecular weight excluding hydrogens is 400 g/mol. The number of hydrogen-bond acceptors (Lipinski definition) is 6. The Bertz CT molecular complexity index is 1210. The van der Waals surface area contributed by atoms with Crippen molar-refractivity contribution < 1.29 is 9.32 Å². The summed E-state index contributed by atoms with van der Waals surface area (Å²) in [7, 11) is 0. The van der Waals surface area contributed by atoms with Crippen molar-refractivity contribution >= 4 is 34.4 Å². The summed E-state index contributed by atoms with van der Waals surface area (Å²) in [5, 5.41) is 17.3. The molecule has 1 amide bonds. The summed E-state index contributed by atoms with van der Waals surface area (Å²) in [6, 6.07) is 10.3. The molecule has 1 atom stereocenters. The van der Waals surface area contributed by atoms with Crippen molar-refractivity contribution in [2.45, 2.75) is 49.6 Å². The average Bonchev–Trinajstić information content (AvgIpc) is 3.16. The first-order valence-corrected chi connectivity index (χ1v) is 10.9. The van der Waals surface area contributed by atoms with E-state index < -0.39 is 0 Å². The van der Waals surface area contributed by atoms with Gasteiger partial charge in [-0.2, -0.15) is 0 Å². The molecule has 3 heterocycles. The Kier molecular flexibility index (Phi) is 4.82. The van der Waals surface area contributed by atoms with Crippen molar-refractivity contribution in [2.75, 3.05) is 5.32 Å². The highest BCUT2D eigenvalue weighted by molar-refractivity contribution is 8.00. The fourth-order valence-corrected chi connectivity index (χ4v) is 4.57. The molecule has 0 bridgehead atoms. The summed E-state index contributed by atoms with van der Waals surface area (Å²) in [5.41, 5.74) is 2.10. The first-order valence-electron chi connectivity index (χ1n) is 10.1. The van der Waals surface area contributed by atoms with Crippen LogP contribution in [-0.4, -0.2) is 36.1 Å². The van der Waals surface area contributed by atoms with E-state index in [-0.39, 0.29) is 11.2 Å². The quantitative estimate of drug-likeness (QED) is 0.423. The zero-order valence-electron chi connectivity index (χ0n) is 16.8. The van der Waals surface area contributed by atoms with Crippen LogP contribution in [0, 0.1) is 6.92 Å². The molecule has 9 heteroatoms. The predicted molar refractivity (Wildman–Crippen MR) is 115 cm³/mol. The van der Waals surface area contributed by atoms with Crippen LogP contribution in [0.2, 0.25) is 0 Å². The normalized spacial score (nSPS) is 14.9. The number of aryl methyl sites for hydroxylation is 1. The van der Waals surface area contributed by atoms with Gasteiger partial charge < -0.3 is 14.8 Å². The van der Waals surface area contributed by atoms with Crippen molar-refractivity contribution in [1.82, 2.24) is 24.9 Å². The van der Waals surface area contributed by atoms with Crippen LogP contribution in [0.1, 0.15) is 38.0 Å². The fraction of sp³-hybridized carbons (Fsp3) is 0.333. The third-order valence-corrected chi connectivity index (χ3v) is 6.52. The highest BCUT2D eigenvalue weighted by atomic mass is 32.2. The maximum Gasteiger partial charge on any atom is 0.239 e. The van der Waals surface area contributed by atoms with Gasteiger partial charge in [0.15, 0.2) is 16.8 Å². The molecule has 8 nitrogen and oxygen atoms in total. The minimum Gasteiger partial charge on any atom is -0.360 e. The number of carbonyl (C=O) groups excluding carboxylic acids is 1. The molecule has 1 aliphatic rings. The molecule has 154 valence electrons. The average molecular weight is 423 g/mol. The number of rotatable bonds is 7. The molecule has 1 aromatic carbocycles. The Morgan fingerprint density at radius 2 is 2.20 bits per heavy atom. The number of nitrogens with zero attached hydrogens (tertiary/aromatic N) is 4. The van der Waals surface area contributed by atoms with E-state index in [9.17, 15) is 4.79 Å². The van der Waals surface area contributed by atoms with E-state index in [1.54, 1.807) is 13.0 Å². The minimum atomic E-state index is -0.306. The number of fused-ring (bicyclic) bond motifs is 1. The van der Waals surface area contributed by atoms with Crippen LogP contribution < -0.4 is 5.32 Å². The number of anilines is 1. The summed E-state index contributed by atoms with van der Waals surface area (Å²) < 4.78 is 7.23. The highest BCUT2D eigenvalue weighted by Gasteiger charge is 2.32. The number of amides is 1. The number of nitrogens with one attached hydrogen (secondary N) is 2. The van der Waals surface area contributed by atoms with E-state index in [4.69, 9.17) is 4.52 Å². The number of para-hydroxylation sites is 1. The smallest absolute Gasteiger partial charge is 0.239 e. The van der Waals surface area contributed by atoms with E-state index >= 15 is 0 Å². The Morgan fingerprint density at radius 1 is 1.37 bits per heavy atom. The van der Waals surface area contributed by atoms with Gasteiger partial charge in [0, 0.05) is 34.8 Å². The molecule has 4 aromatic rings. The molecule has 30 heavy (non-hydrogen) atoms. The molecule has 1 unspecified atom stereocenters. The van der Waals surface area contributed by atoms with Crippen LogP contribution in [-0.2, 0) is 4.79 Å². The van der Waals surface area contributed by atoms with Gasteiger partial charge in [0.25, 0.3) is 0 Å². The molecule has 3 aromatic heterocycles. The van der Waals surface area contributed by atoms with Crippen LogP contribution in [0.15, 0.2) is 46.2 Å². The second-order valence-corrected chi connectivity index (χ2v) is 8.65. The van der Waals surface area contributed by atoms with Crippen LogP contribution in [0.5, 0.6) is 0 Å². The number of hydrogen-bond donors (Lipinski definition) is 2. The number of H-pyrrole nitrogens is 1. The van der Waals surface area contributed by atoms with Crippen molar-refractivity contribution in [2.24, 2.45) is 0 Å². The molecule has 1 aliphatic carbocycles. The van der Waals surface area contributed by atoms with Gasteiger partial charge in [-0.15, -0.1) is 10.2 Å². The van der Waals surface area contributed by atoms with E-state index in [1.807, 2.05) is 25.3 Å². The summed E-state index contributed by atoms with van der Waals surface area (Å²) in [4.78, 5) is 16.1. The van der Waals surface area contributed by atoms with E-state index in [2.05, 4.69) is 42.4 Å². The van der Waals surface area contributed by atoms with Gasteiger partial charge in [0.05, 0.1) is 5.25 Å². The third-order valence-electron chi connectivity index (χ3n) is 5.20. The first-order chi connectivity index (χ1) is 14.6. The zero-order chi connectivity index (χ0) is 20.7. The fourth-order valence-electron chi connectivity index (χ4n) is 3.54. The van der Waals surface area contributed by atoms with Gasteiger partial charge in [0.2, 0.25) is 5.91 Å². The van der Waals surface area contributed by atoms with Gasteiger partial charge in [-0.1, -0.05) is 42.0 Å². The number of aromatic nitrogens is 5. The molecule has 0 saturated heterocycles. The maximum absolute atomic E-state index is 12.8. The molecule has 5 rings (SSSR count). The van der Waals surface area contributed by atoms with Crippen molar-refractivity contribution in [1.29, 1.82) is 0 Å². The van der Waals surface area contributed by atoms with Gasteiger partial charge in [-0.25, -0.2) is 0 Å².